The lowest BCUT2D eigenvalue weighted by Crippen LogP contribution is -2.46. The summed E-state index contributed by atoms with van der Waals surface area (Å²) in [7, 11) is 2.03. The van der Waals surface area contributed by atoms with Crippen LogP contribution in [0.5, 0.6) is 0 Å². The van der Waals surface area contributed by atoms with Crippen LogP contribution in [0, 0.1) is 5.82 Å². The highest BCUT2D eigenvalue weighted by atomic mass is 19.1. The van der Waals surface area contributed by atoms with E-state index in [2.05, 4.69) is 4.90 Å². The van der Waals surface area contributed by atoms with Crippen LogP contribution in [-0.4, -0.2) is 54.8 Å². The maximum Gasteiger partial charge on any atom is 0.282 e. The first kappa shape index (κ1) is 17.4. The third kappa shape index (κ3) is 3.13. The van der Waals surface area contributed by atoms with Crippen LogP contribution in [0.15, 0.2) is 60.3 Å². The number of likely N-dealkylation sites (N-methyl/N-ethyl adjacent to an activating group) is 1. The monoisotopic (exact) mass is 365 g/mol. The molecule has 2 aromatic carbocycles. The van der Waals surface area contributed by atoms with Crippen LogP contribution in [0.4, 0.5) is 10.1 Å². The van der Waals surface area contributed by atoms with Crippen molar-refractivity contribution >= 4 is 23.1 Å². The smallest absolute Gasteiger partial charge is 0.282 e. The molecule has 0 aliphatic carbocycles. The Morgan fingerprint density at radius 3 is 2.22 bits per heavy atom. The molecule has 6 heteroatoms. The molecule has 0 atom stereocenters. The molecular weight excluding hydrogens is 345 g/mol. The van der Waals surface area contributed by atoms with E-state index in [1.165, 1.54) is 18.2 Å². The van der Waals surface area contributed by atoms with Gasteiger partial charge in [0.1, 0.15) is 11.5 Å². The molecule has 4 rings (SSSR count). The Labute approximate surface area is 157 Å². The van der Waals surface area contributed by atoms with Crippen molar-refractivity contribution in [3.63, 3.8) is 0 Å². The van der Waals surface area contributed by atoms with Gasteiger partial charge in [-0.3, -0.25) is 9.59 Å². The summed E-state index contributed by atoms with van der Waals surface area (Å²) in [5, 5.41) is 0. The number of benzene rings is 2. The molecule has 138 valence electrons. The molecule has 2 aliphatic heterocycles. The lowest BCUT2D eigenvalue weighted by atomic mass is 10.0. The summed E-state index contributed by atoms with van der Waals surface area (Å²) in [5.74, 6) is -1.29. The fourth-order valence-electron chi connectivity index (χ4n) is 3.56. The van der Waals surface area contributed by atoms with Gasteiger partial charge in [-0.25, -0.2) is 9.29 Å². The molecule has 2 amide bonds. The highest BCUT2D eigenvalue weighted by molar-refractivity contribution is 6.45. The predicted octanol–water partition coefficient (Wildman–Crippen LogP) is 2.36. The summed E-state index contributed by atoms with van der Waals surface area (Å²) < 4.78 is 13.7. The predicted molar refractivity (Wildman–Crippen MR) is 101 cm³/mol. The molecule has 0 unspecified atom stereocenters. The third-order valence-corrected chi connectivity index (χ3v) is 5.01. The van der Waals surface area contributed by atoms with Gasteiger partial charge >= 0.3 is 0 Å². The normalized spacial score (nSPS) is 18.6. The number of rotatable bonds is 3. The molecular formula is C21H20FN3O2. The molecule has 2 aromatic rings. The molecule has 1 saturated heterocycles. The Kier molecular flexibility index (Phi) is 4.49. The first-order valence-corrected chi connectivity index (χ1v) is 8.94. The minimum absolute atomic E-state index is 0.252. The molecule has 0 spiro atoms. The summed E-state index contributed by atoms with van der Waals surface area (Å²) in [6.07, 6.45) is 0. The second-order valence-corrected chi connectivity index (χ2v) is 6.81. The summed E-state index contributed by atoms with van der Waals surface area (Å²) in [6.45, 7) is 2.95. The molecule has 2 aliphatic rings. The lowest BCUT2D eigenvalue weighted by molar-refractivity contribution is -0.120. The van der Waals surface area contributed by atoms with Gasteiger partial charge in [0, 0.05) is 26.2 Å². The van der Waals surface area contributed by atoms with E-state index in [0.717, 1.165) is 18.0 Å². The highest BCUT2D eigenvalue weighted by Gasteiger charge is 2.42. The maximum absolute atomic E-state index is 13.7. The number of piperazine rings is 1. The van der Waals surface area contributed by atoms with Crippen LogP contribution in [0.25, 0.3) is 5.57 Å². The number of amides is 2. The maximum atomic E-state index is 13.7. The quantitative estimate of drug-likeness (QED) is 0.784. The van der Waals surface area contributed by atoms with Crippen LogP contribution in [0.2, 0.25) is 0 Å². The van der Waals surface area contributed by atoms with Crippen molar-refractivity contribution in [2.45, 2.75) is 0 Å². The molecule has 5 nitrogen and oxygen atoms in total. The van der Waals surface area contributed by atoms with Gasteiger partial charge in [0.2, 0.25) is 0 Å². The number of anilines is 1. The molecule has 0 bridgehead atoms. The molecule has 1 fully saturated rings. The van der Waals surface area contributed by atoms with Gasteiger partial charge < -0.3 is 9.80 Å². The van der Waals surface area contributed by atoms with Gasteiger partial charge in [0.05, 0.1) is 11.3 Å². The average Bonchev–Trinajstić information content (AvgIpc) is 2.93. The van der Waals surface area contributed by atoms with E-state index >= 15 is 0 Å². The van der Waals surface area contributed by atoms with Crippen LogP contribution < -0.4 is 4.90 Å². The van der Waals surface area contributed by atoms with Gasteiger partial charge in [-0.2, -0.15) is 0 Å². The Bertz CT molecular complexity index is 918. The van der Waals surface area contributed by atoms with Crippen molar-refractivity contribution < 1.29 is 14.0 Å². The van der Waals surface area contributed by atoms with Gasteiger partial charge in [0.25, 0.3) is 11.8 Å². The zero-order chi connectivity index (χ0) is 19.0. The molecule has 0 N–H and O–H groups in total. The lowest BCUT2D eigenvalue weighted by Gasteiger charge is -2.34. The summed E-state index contributed by atoms with van der Waals surface area (Å²) in [4.78, 5) is 31.7. The zero-order valence-electron chi connectivity index (χ0n) is 15.1. The van der Waals surface area contributed by atoms with Gasteiger partial charge in [0.15, 0.2) is 0 Å². The third-order valence-electron chi connectivity index (χ3n) is 5.01. The number of carbonyl (C=O) groups is 2. The molecule has 0 saturated carbocycles. The Morgan fingerprint density at radius 2 is 1.56 bits per heavy atom. The molecule has 2 heterocycles. The SMILES string of the molecule is CN1CCN(C2=C(c3ccccc3)C(=O)N(c3cccc(F)c3)C2=O)CC1. The van der Waals surface area contributed by atoms with Gasteiger partial charge in [-0.1, -0.05) is 36.4 Å². The second-order valence-electron chi connectivity index (χ2n) is 6.81. The van der Waals surface area contributed by atoms with Crippen molar-refractivity contribution in [3.8, 4) is 0 Å². The van der Waals surface area contributed by atoms with E-state index in [0.29, 0.717) is 29.9 Å². The van der Waals surface area contributed by atoms with Gasteiger partial charge in [-0.15, -0.1) is 0 Å². The fraction of sp³-hybridized carbons (Fsp3) is 0.238. The van der Waals surface area contributed by atoms with Crippen molar-refractivity contribution in [1.82, 2.24) is 9.80 Å². The Balaban J connectivity index is 1.80. The van der Waals surface area contributed by atoms with E-state index in [-0.39, 0.29) is 5.69 Å². The van der Waals surface area contributed by atoms with E-state index in [4.69, 9.17) is 0 Å². The van der Waals surface area contributed by atoms with Crippen molar-refractivity contribution in [3.05, 3.63) is 71.7 Å². The number of carbonyl (C=O) groups excluding carboxylic acids is 2. The Hall–Kier alpha value is -2.99. The summed E-state index contributed by atoms with van der Waals surface area (Å²) in [5.41, 5.74) is 1.74. The fourth-order valence-corrected chi connectivity index (χ4v) is 3.56. The standard InChI is InChI=1S/C21H20FN3O2/c1-23-10-12-24(13-11-23)19-18(15-6-3-2-4-7-15)20(26)25(21(19)27)17-9-5-8-16(22)14-17/h2-9,14H,10-13H2,1H3. The zero-order valence-corrected chi connectivity index (χ0v) is 15.1. The number of imide groups is 1. The van der Waals surface area contributed by atoms with E-state index in [1.54, 1.807) is 6.07 Å². The second kappa shape index (κ2) is 6.96. The Morgan fingerprint density at radius 1 is 0.852 bits per heavy atom. The van der Waals surface area contributed by atoms with E-state index < -0.39 is 17.6 Å². The number of halogens is 1. The van der Waals surface area contributed by atoms with Crippen LogP contribution >= 0.6 is 0 Å². The minimum atomic E-state index is -0.484. The minimum Gasteiger partial charge on any atom is -0.364 e. The van der Waals surface area contributed by atoms with Crippen molar-refractivity contribution in [1.29, 1.82) is 0 Å². The number of hydrogen-bond acceptors (Lipinski definition) is 4. The first-order chi connectivity index (χ1) is 13.1. The molecule has 0 radical (unpaired) electrons. The largest absolute Gasteiger partial charge is 0.364 e. The van der Waals surface area contributed by atoms with Crippen molar-refractivity contribution in [2.24, 2.45) is 0 Å². The summed E-state index contributed by atoms with van der Waals surface area (Å²) >= 11 is 0. The van der Waals surface area contributed by atoms with E-state index in [9.17, 15) is 14.0 Å². The molecule has 0 aromatic heterocycles. The topological polar surface area (TPSA) is 43.9 Å². The first-order valence-electron chi connectivity index (χ1n) is 8.94. The average molecular weight is 365 g/mol. The highest BCUT2D eigenvalue weighted by Crippen LogP contribution is 2.35. The number of hydrogen-bond donors (Lipinski definition) is 0. The summed E-state index contributed by atoms with van der Waals surface area (Å²) in [6, 6.07) is 14.8. The van der Waals surface area contributed by atoms with Crippen LogP contribution in [0.1, 0.15) is 5.56 Å². The van der Waals surface area contributed by atoms with Crippen molar-refractivity contribution in [2.75, 3.05) is 38.1 Å². The van der Waals surface area contributed by atoms with Crippen LogP contribution in [0.3, 0.4) is 0 Å². The molecule has 27 heavy (non-hydrogen) atoms. The van der Waals surface area contributed by atoms with Crippen LogP contribution in [-0.2, 0) is 9.59 Å². The number of nitrogens with zero attached hydrogens (tertiary/aromatic N) is 3. The van der Waals surface area contributed by atoms with E-state index in [1.807, 2.05) is 42.3 Å². The van der Waals surface area contributed by atoms with Gasteiger partial charge in [-0.05, 0) is 30.8 Å².